The molecule has 0 bridgehead atoms. The van der Waals surface area contributed by atoms with Crippen LogP contribution in [0.3, 0.4) is 0 Å². The Hall–Kier alpha value is -3.68. The lowest BCUT2D eigenvalue weighted by Crippen LogP contribution is -2.36. The molecule has 2 aromatic carbocycles. The van der Waals surface area contributed by atoms with E-state index in [1.54, 1.807) is 19.1 Å². The Bertz CT molecular complexity index is 1170. The molecule has 33 heavy (non-hydrogen) atoms. The molecule has 3 aromatic rings. The maximum absolute atomic E-state index is 14.0. The van der Waals surface area contributed by atoms with Crippen LogP contribution in [-0.4, -0.2) is 34.8 Å². The lowest BCUT2D eigenvalue weighted by Gasteiger charge is -2.15. The summed E-state index contributed by atoms with van der Waals surface area (Å²) >= 11 is 0. The number of hydrogen-bond acceptors (Lipinski definition) is 4. The van der Waals surface area contributed by atoms with E-state index in [9.17, 15) is 9.18 Å². The Kier molecular flexibility index (Phi) is 7.82. The fourth-order valence-corrected chi connectivity index (χ4v) is 3.46. The molecule has 2 N–H and O–H groups in total. The van der Waals surface area contributed by atoms with Gasteiger partial charge in [0.1, 0.15) is 11.6 Å². The maximum Gasteiger partial charge on any atom is 0.258 e. The number of aromatic nitrogens is 2. The van der Waals surface area contributed by atoms with Gasteiger partial charge in [0.15, 0.2) is 0 Å². The van der Waals surface area contributed by atoms with Crippen LogP contribution in [0, 0.1) is 26.6 Å². The van der Waals surface area contributed by atoms with Crippen molar-refractivity contribution in [3.05, 3.63) is 76.4 Å². The smallest absolute Gasteiger partial charge is 0.258 e. The van der Waals surface area contributed by atoms with E-state index in [0.717, 1.165) is 17.0 Å². The molecule has 1 aromatic heterocycles. The van der Waals surface area contributed by atoms with Gasteiger partial charge < -0.3 is 10.1 Å². The van der Waals surface area contributed by atoms with Crippen molar-refractivity contribution in [2.24, 2.45) is 12.0 Å². The molecule has 0 spiro atoms. The lowest BCUT2D eigenvalue weighted by molar-refractivity contribution is 0.0976. The number of halogens is 1. The summed E-state index contributed by atoms with van der Waals surface area (Å²) in [5.74, 6) is 0.00991. The van der Waals surface area contributed by atoms with Gasteiger partial charge in [0.2, 0.25) is 5.96 Å². The zero-order valence-electron chi connectivity index (χ0n) is 19.7. The van der Waals surface area contributed by atoms with Gasteiger partial charge in [-0.15, -0.1) is 0 Å². The molecular formula is C25H30FN5O2. The van der Waals surface area contributed by atoms with Crippen molar-refractivity contribution in [3.63, 3.8) is 0 Å². The summed E-state index contributed by atoms with van der Waals surface area (Å²) in [7, 11) is 1.91. The number of carbonyl (C=O) groups excluding carboxylic acids is 1. The Morgan fingerprint density at radius 1 is 1.18 bits per heavy atom. The Labute approximate surface area is 193 Å². The summed E-state index contributed by atoms with van der Waals surface area (Å²) in [6.07, 6.45) is 0.665. The Morgan fingerprint density at radius 3 is 2.61 bits per heavy atom. The number of benzene rings is 2. The summed E-state index contributed by atoms with van der Waals surface area (Å²) in [5, 5.41) is 10.4. The molecule has 0 aliphatic heterocycles. The number of anilines is 1. The van der Waals surface area contributed by atoms with Gasteiger partial charge in [0.25, 0.3) is 5.91 Å². The molecule has 0 saturated carbocycles. The van der Waals surface area contributed by atoms with Crippen molar-refractivity contribution in [1.29, 1.82) is 0 Å². The number of amides is 1. The van der Waals surface area contributed by atoms with E-state index in [4.69, 9.17) is 4.74 Å². The average molecular weight is 452 g/mol. The zero-order valence-corrected chi connectivity index (χ0v) is 19.7. The summed E-state index contributed by atoms with van der Waals surface area (Å²) in [6, 6.07) is 11.8. The van der Waals surface area contributed by atoms with Gasteiger partial charge in [-0.3, -0.25) is 19.8 Å². The predicted octanol–water partition coefficient (Wildman–Crippen LogP) is 4.32. The van der Waals surface area contributed by atoms with Gasteiger partial charge in [-0.2, -0.15) is 5.10 Å². The van der Waals surface area contributed by atoms with E-state index in [2.05, 4.69) is 20.7 Å². The van der Waals surface area contributed by atoms with Crippen LogP contribution in [0.4, 0.5) is 10.1 Å². The largest absolute Gasteiger partial charge is 0.492 e. The molecule has 1 heterocycles. The number of nitrogens with zero attached hydrogens (tertiary/aromatic N) is 3. The molecule has 0 radical (unpaired) electrons. The van der Waals surface area contributed by atoms with E-state index in [1.165, 1.54) is 6.07 Å². The molecule has 1 amide bonds. The number of hydrogen-bond donors (Lipinski definition) is 2. The molecule has 7 nitrogen and oxygen atoms in total. The minimum atomic E-state index is -0.456. The standard InChI is InChI=1S/C25H30FN5O2/c1-6-33-23-10-8-7-9-22(23)28-25(27-14-13-20-17(3)30-31(5)18(20)4)29-24(32)19-12-11-16(2)21(26)15-19/h7-12,15H,6,13-14H2,1-5H3,(H2,27,28,29,32). The maximum atomic E-state index is 14.0. The van der Waals surface area contributed by atoms with Crippen molar-refractivity contribution in [2.45, 2.75) is 34.1 Å². The van der Waals surface area contributed by atoms with Crippen LogP contribution in [0.5, 0.6) is 5.75 Å². The molecule has 0 aliphatic carbocycles. The zero-order chi connectivity index (χ0) is 24.0. The number of aliphatic imine (C=N–C) groups is 1. The minimum Gasteiger partial charge on any atom is -0.492 e. The third-order valence-electron chi connectivity index (χ3n) is 5.40. The van der Waals surface area contributed by atoms with E-state index in [-0.39, 0.29) is 11.5 Å². The fraction of sp³-hybridized carbons (Fsp3) is 0.320. The molecule has 0 saturated heterocycles. The van der Waals surface area contributed by atoms with Crippen molar-refractivity contribution in [3.8, 4) is 5.75 Å². The average Bonchev–Trinajstić information content (AvgIpc) is 3.02. The highest BCUT2D eigenvalue weighted by Gasteiger charge is 2.14. The first-order chi connectivity index (χ1) is 15.8. The fourth-order valence-electron chi connectivity index (χ4n) is 3.46. The van der Waals surface area contributed by atoms with Crippen molar-refractivity contribution in [2.75, 3.05) is 18.5 Å². The van der Waals surface area contributed by atoms with Crippen LogP contribution in [-0.2, 0) is 13.5 Å². The minimum absolute atomic E-state index is 0.213. The molecule has 3 rings (SSSR count). The van der Waals surface area contributed by atoms with Crippen molar-refractivity contribution in [1.82, 2.24) is 15.1 Å². The summed E-state index contributed by atoms with van der Waals surface area (Å²) in [6.45, 7) is 8.47. The molecule has 0 fully saturated rings. The predicted molar refractivity (Wildman–Crippen MR) is 129 cm³/mol. The molecule has 8 heteroatoms. The van der Waals surface area contributed by atoms with E-state index < -0.39 is 11.7 Å². The van der Waals surface area contributed by atoms with Crippen LogP contribution >= 0.6 is 0 Å². The van der Waals surface area contributed by atoms with E-state index >= 15 is 0 Å². The van der Waals surface area contributed by atoms with Gasteiger partial charge in [-0.1, -0.05) is 18.2 Å². The number of guanidine groups is 1. The first-order valence-corrected chi connectivity index (χ1v) is 10.9. The highest BCUT2D eigenvalue weighted by molar-refractivity contribution is 6.10. The number of ether oxygens (including phenoxy) is 1. The second kappa shape index (κ2) is 10.8. The normalized spacial score (nSPS) is 11.4. The van der Waals surface area contributed by atoms with Gasteiger partial charge in [-0.05, 0) is 69.5 Å². The van der Waals surface area contributed by atoms with Gasteiger partial charge >= 0.3 is 0 Å². The first-order valence-electron chi connectivity index (χ1n) is 10.9. The Balaban J connectivity index is 1.84. The molecule has 0 atom stereocenters. The van der Waals surface area contributed by atoms with Crippen molar-refractivity contribution >= 4 is 17.6 Å². The summed E-state index contributed by atoms with van der Waals surface area (Å²) < 4.78 is 21.5. The highest BCUT2D eigenvalue weighted by Crippen LogP contribution is 2.23. The second-order valence-corrected chi connectivity index (χ2v) is 7.73. The highest BCUT2D eigenvalue weighted by atomic mass is 19.1. The first kappa shape index (κ1) is 24.0. The van der Waals surface area contributed by atoms with Crippen LogP contribution < -0.4 is 15.4 Å². The van der Waals surface area contributed by atoms with Crippen LogP contribution in [0.2, 0.25) is 0 Å². The quantitative estimate of drug-likeness (QED) is 0.414. The number of para-hydroxylation sites is 2. The van der Waals surface area contributed by atoms with E-state index in [1.807, 2.05) is 56.8 Å². The van der Waals surface area contributed by atoms with E-state index in [0.29, 0.717) is 36.6 Å². The van der Waals surface area contributed by atoms with Gasteiger partial charge in [0.05, 0.1) is 18.0 Å². The third-order valence-corrected chi connectivity index (χ3v) is 5.40. The third kappa shape index (κ3) is 5.97. The molecule has 0 aliphatic rings. The van der Waals surface area contributed by atoms with Crippen LogP contribution in [0.1, 0.15) is 39.8 Å². The number of nitrogens with one attached hydrogen (secondary N) is 2. The summed E-state index contributed by atoms with van der Waals surface area (Å²) in [5.41, 5.74) is 4.53. The number of rotatable bonds is 7. The van der Waals surface area contributed by atoms with Gasteiger partial charge in [0, 0.05) is 24.8 Å². The number of aryl methyl sites for hydroxylation is 3. The Morgan fingerprint density at radius 2 is 1.94 bits per heavy atom. The second-order valence-electron chi connectivity index (χ2n) is 7.73. The molecule has 174 valence electrons. The van der Waals surface area contributed by atoms with Gasteiger partial charge in [-0.25, -0.2) is 4.39 Å². The number of carbonyl (C=O) groups is 1. The topological polar surface area (TPSA) is 80.5 Å². The monoisotopic (exact) mass is 451 g/mol. The lowest BCUT2D eigenvalue weighted by atomic mass is 10.1. The van der Waals surface area contributed by atoms with Crippen LogP contribution in [0.15, 0.2) is 47.5 Å². The molecule has 0 unspecified atom stereocenters. The SMILES string of the molecule is CCOc1ccccc1NC(=NCCc1c(C)nn(C)c1C)NC(=O)c1ccc(C)c(F)c1. The molecular weight excluding hydrogens is 421 g/mol. The van der Waals surface area contributed by atoms with Crippen molar-refractivity contribution < 1.29 is 13.9 Å². The summed E-state index contributed by atoms with van der Waals surface area (Å²) in [4.78, 5) is 17.4. The van der Waals surface area contributed by atoms with Crippen LogP contribution in [0.25, 0.3) is 0 Å².